The Morgan fingerprint density at radius 2 is 1.74 bits per heavy atom. The minimum Gasteiger partial charge on any atom is -0.448 e. The molecular formula is C23H22N4O4. The van der Waals surface area contributed by atoms with Gasteiger partial charge in [0.2, 0.25) is 0 Å². The molecule has 1 atom stereocenters. The minimum absolute atomic E-state index is 0.143. The lowest BCUT2D eigenvalue weighted by Gasteiger charge is -2.12. The number of fused-ring (bicyclic) bond motifs is 1. The number of anilines is 1. The van der Waals surface area contributed by atoms with Gasteiger partial charge in [-0.1, -0.05) is 36.4 Å². The molecule has 1 amide bonds. The van der Waals surface area contributed by atoms with E-state index in [1.54, 1.807) is 36.9 Å². The quantitative estimate of drug-likeness (QED) is 0.487. The van der Waals surface area contributed by atoms with Gasteiger partial charge in [-0.15, -0.1) is 0 Å². The van der Waals surface area contributed by atoms with Gasteiger partial charge < -0.3 is 15.0 Å². The van der Waals surface area contributed by atoms with Crippen LogP contribution in [0.3, 0.4) is 0 Å². The number of esters is 1. The van der Waals surface area contributed by atoms with Crippen molar-refractivity contribution in [3.63, 3.8) is 0 Å². The van der Waals surface area contributed by atoms with Crippen molar-refractivity contribution in [2.75, 3.05) is 5.32 Å². The summed E-state index contributed by atoms with van der Waals surface area (Å²) in [5.74, 6) is -1.24. The number of aromatic nitrogens is 3. The van der Waals surface area contributed by atoms with E-state index in [9.17, 15) is 14.4 Å². The number of nitrogens with one attached hydrogen (secondary N) is 2. The van der Waals surface area contributed by atoms with E-state index in [0.717, 1.165) is 10.9 Å². The normalized spacial score (nSPS) is 12.0. The maximum Gasteiger partial charge on any atom is 0.355 e. The molecule has 2 heterocycles. The predicted molar refractivity (Wildman–Crippen MR) is 118 cm³/mol. The van der Waals surface area contributed by atoms with Gasteiger partial charge in [0.1, 0.15) is 11.4 Å². The van der Waals surface area contributed by atoms with E-state index in [0.29, 0.717) is 11.4 Å². The Morgan fingerprint density at radius 3 is 2.45 bits per heavy atom. The smallest absolute Gasteiger partial charge is 0.355 e. The molecule has 0 spiro atoms. The minimum atomic E-state index is -1.09. The van der Waals surface area contributed by atoms with Crippen LogP contribution in [0.15, 0.2) is 65.5 Å². The van der Waals surface area contributed by atoms with Crippen molar-refractivity contribution in [1.82, 2.24) is 14.3 Å². The van der Waals surface area contributed by atoms with Crippen molar-refractivity contribution in [3.05, 3.63) is 82.4 Å². The molecule has 4 aromatic rings. The number of carbonyl (C=O) groups excluding carboxylic acids is 2. The van der Waals surface area contributed by atoms with Crippen molar-refractivity contribution in [2.24, 2.45) is 7.05 Å². The van der Waals surface area contributed by atoms with Crippen LogP contribution in [0.25, 0.3) is 16.6 Å². The summed E-state index contributed by atoms with van der Waals surface area (Å²) in [5.41, 5.74) is 2.09. The molecule has 8 heteroatoms. The molecule has 0 saturated heterocycles. The van der Waals surface area contributed by atoms with Crippen molar-refractivity contribution in [3.8, 4) is 5.69 Å². The van der Waals surface area contributed by atoms with Crippen LogP contribution in [-0.4, -0.2) is 32.3 Å². The van der Waals surface area contributed by atoms with Crippen molar-refractivity contribution in [1.29, 1.82) is 0 Å². The van der Waals surface area contributed by atoms with E-state index in [-0.39, 0.29) is 16.9 Å². The van der Waals surface area contributed by atoms with Gasteiger partial charge in [0, 0.05) is 18.0 Å². The first kappa shape index (κ1) is 20.2. The van der Waals surface area contributed by atoms with E-state index < -0.39 is 18.0 Å². The Bertz CT molecular complexity index is 1300. The second-order valence-electron chi connectivity index (χ2n) is 7.24. The Kier molecular flexibility index (Phi) is 5.21. The van der Waals surface area contributed by atoms with Crippen LogP contribution in [0.1, 0.15) is 23.1 Å². The predicted octanol–water partition coefficient (Wildman–Crippen LogP) is 3.15. The monoisotopic (exact) mass is 418 g/mol. The summed E-state index contributed by atoms with van der Waals surface area (Å²) in [6.45, 7) is 3.20. The number of ether oxygens (including phenoxy) is 1. The molecule has 2 N–H and O–H groups in total. The molecule has 0 aliphatic rings. The van der Waals surface area contributed by atoms with Crippen LogP contribution < -0.4 is 10.9 Å². The summed E-state index contributed by atoms with van der Waals surface area (Å²) >= 11 is 0. The molecule has 0 saturated carbocycles. The van der Waals surface area contributed by atoms with Crippen LogP contribution in [-0.2, 0) is 16.6 Å². The maximum atomic E-state index is 12.9. The standard InChI is InChI=1S/C23H22N4O4/c1-14-20(22(29)27(26(14)3)17-10-5-4-6-11-17)25-21(28)15(2)31-23(30)19-13-16-9-7-8-12-18(16)24-19/h4-13,15,24H,1-3H3,(H,25,28)/t15-/m1/s1. The number of carbonyl (C=O) groups is 2. The van der Waals surface area contributed by atoms with Crippen LogP contribution in [0.4, 0.5) is 5.69 Å². The molecule has 0 aliphatic carbocycles. The summed E-state index contributed by atoms with van der Waals surface area (Å²) in [6.07, 6.45) is -1.09. The summed E-state index contributed by atoms with van der Waals surface area (Å²) in [5, 5.41) is 3.48. The summed E-state index contributed by atoms with van der Waals surface area (Å²) in [7, 11) is 1.73. The molecule has 31 heavy (non-hydrogen) atoms. The fourth-order valence-corrected chi connectivity index (χ4v) is 3.40. The Morgan fingerprint density at radius 1 is 1.06 bits per heavy atom. The molecule has 4 rings (SSSR count). The lowest BCUT2D eigenvalue weighted by Crippen LogP contribution is -2.32. The highest BCUT2D eigenvalue weighted by Crippen LogP contribution is 2.17. The molecule has 0 unspecified atom stereocenters. The van der Waals surface area contributed by atoms with Crippen LogP contribution in [0, 0.1) is 6.92 Å². The Labute approximate surface area is 178 Å². The number of nitrogens with zero attached hydrogens (tertiary/aromatic N) is 2. The Hall–Kier alpha value is -4.07. The van der Waals surface area contributed by atoms with Gasteiger partial charge in [-0.2, -0.15) is 0 Å². The second kappa shape index (κ2) is 7.98. The van der Waals surface area contributed by atoms with E-state index in [4.69, 9.17) is 4.74 Å². The van der Waals surface area contributed by atoms with Crippen molar-refractivity contribution in [2.45, 2.75) is 20.0 Å². The maximum absolute atomic E-state index is 12.9. The third-order valence-corrected chi connectivity index (χ3v) is 5.21. The number of H-pyrrole nitrogens is 1. The third-order valence-electron chi connectivity index (χ3n) is 5.21. The van der Waals surface area contributed by atoms with E-state index in [1.807, 2.05) is 42.5 Å². The van der Waals surface area contributed by atoms with E-state index in [1.165, 1.54) is 11.6 Å². The number of hydrogen-bond donors (Lipinski definition) is 2. The second-order valence-corrected chi connectivity index (χ2v) is 7.24. The van der Waals surface area contributed by atoms with E-state index >= 15 is 0 Å². The van der Waals surface area contributed by atoms with Crippen LogP contribution in [0.2, 0.25) is 0 Å². The van der Waals surface area contributed by atoms with E-state index in [2.05, 4.69) is 10.3 Å². The molecule has 8 nitrogen and oxygen atoms in total. The average molecular weight is 418 g/mol. The highest BCUT2D eigenvalue weighted by Gasteiger charge is 2.24. The van der Waals surface area contributed by atoms with Crippen molar-refractivity contribution < 1.29 is 14.3 Å². The third kappa shape index (κ3) is 3.75. The van der Waals surface area contributed by atoms with Crippen molar-refractivity contribution >= 4 is 28.5 Å². The molecule has 2 aromatic carbocycles. The van der Waals surface area contributed by atoms with Gasteiger partial charge in [-0.05, 0) is 38.1 Å². The molecule has 158 valence electrons. The Balaban J connectivity index is 1.51. The number of amides is 1. The number of para-hydroxylation sites is 2. The SMILES string of the molecule is Cc1c(NC(=O)[C@@H](C)OC(=O)c2cc3ccccc3[nH]2)c(=O)n(-c2ccccc2)n1C. The first-order chi connectivity index (χ1) is 14.9. The van der Waals surface area contributed by atoms with Gasteiger partial charge in [0.25, 0.3) is 11.5 Å². The molecule has 0 bridgehead atoms. The van der Waals surface area contributed by atoms with Gasteiger partial charge in [-0.3, -0.25) is 14.3 Å². The van der Waals surface area contributed by atoms with Gasteiger partial charge in [-0.25, -0.2) is 9.48 Å². The number of rotatable bonds is 5. The number of aromatic amines is 1. The number of hydrogen-bond acceptors (Lipinski definition) is 4. The fraction of sp³-hybridized carbons (Fsp3) is 0.174. The first-order valence-corrected chi connectivity index (χ1v) is 9.80. The zero-order chi connectivity index (χ0) is 22.1. The highest BCUT2D eigenvalue weighted by atomic mass is 16.5. The molecule has 0 aliphatic heterocycles. The molecule has 2 aromatic heterocycles. The largest absolute Gasteiger partial charge is 0.448 e. The van der Waals surface area contributed by atoms with Gasteiger partial charge in [0.15, 0.2) is 6.10 Å². The van der Waals surface area contributed by atoms with Gasteiger partial charge >= 0.3 is 5.97 Å². The molecule has 0 radical (unpaired) electrons. The summed E-state index contributed by atoms with van der Waals surface area (Å²) < 4.78 is 8.43. The number of benzene rings is 2. The molecular weight excluding hydrogens is 396 g/mol. The summed E-state index contributed by atoms with van der Waals surface area (Å²) in [4.78, 5) is 41.0. The highest BCUT2D eigenvalue weighted by molar-refractivity contribution is 5.99. The fourth-order valence-electron chi connectivity index (χ4n) is 3.40. The van der Waals surface area contributed by atoms with Crippen LogP contribution in [0.5, 0.6) is 0 Å². The van der Waals surface area contributed by atoms with Crippen LogP contribution >= 0.6 is 0 Å². The molecule has 0 fully saturated rings. The zero-order valence-electron chi connectivity index (χ0n) is 17.4. The average Bonchev–Trinajstić information content (AvgIpc) is 3.29. The lowest BCUT2D eigenvalue weighted by atomic mass is 10.2. The lowest BCUT2D eigenvalue weighted by molar-refractivity contribution is -0.123. The van der Waals surface area contributed by atoms with Gasteiger partial charge in [0.05, 0.1) is 11.4 Å². The topological polar surface area (TPSA) is 98.1 Å². The first-order valence-electron chi connectivity index (χ1n) is 9.80. The zero-order valence-corrected chi connectivity index (χ0v) is 17.4. The summed E-state index contributed by atoms with van der Waals surface area (Å²) in [6, 6.07) is 18.2.